The smallest absolute Gasteiger partial charge is 0.240 e. The van der Waals surface area contributed by atoms with Gasteiger partial charge in [0.15, 0.2) is 0 Å². The van der Waals surface area contributed by atoms with Crippen LogP contribution in [0.4, 0.5) is 0 Å². The van der Waals surface area contributed by atoms with Gasteiger partial charge in [0.05, 0.1) is 18.1 Å². The fourth-order valence-electron chi connectivity index (χ4n) is 1.48. The van der Waals surface area contributed by atoms with Gasteiger partial charge in [-0.3, -0.25) is 0 Å². The Morgan fingerprint density at radius 3 is 2.61 bits per heavy atom. The molecule has 2 N–H and O–H groups in total. The number of benzene rings is 1. The van der Waals surface area contributed by atoms with Crippen LogP contribution in [0.1, 0.15) is 19.4 Å². The van der Waals surface area contributed by atoms with Gasteiger partial charge in [-0.1, -0.05) is 0 Å². The number of aliphatic hydroxyl groups excluding tert-OH is 1. The number of aliphatic hydroxyl groups is 1. The van der Waals surface area contributed by atoms with Crippen molar-refractivity contribution in [1.82, 2.24) is 4.72 Å². The van der Waals surface area contributed by atoms with Crippen molar-refractivity contribution in [3.63, 3.8) is 0 Å². The molecule has 0 bridgehead atoms. The van der Waals surface area contributed by atoms with E-state index < -0.39 is 16.1 Å². The lowest BCUT2D eigenvalue weighted by atomic mass is 10.2. The van der Waals surface area contributed by atoms with Crippen molar-refractivity contribution in [2.45, 2.75) is 31.7 Å². The Balaban J connectivity index is 3.00. The van der Waals surface area contributed by atoms with Gasteiger partial charge in [-0.15, -0.1) is 0 Å². The van der Waals surface area contributed by atoms with Gasteiger partial charge in [0.25, 0.3) is 0 Å². The highest BCUT2D eigenvalue weighted by Crippen LogP contribution is 2.21. The predicted molar refractivity (Wildman–Crippen MR) is 69.2 cm³/mol. The molecule has 0 aromatic heterocycles. The number of ether oxygens (including phenoxy) is 1. The summed E-state index contributed by atoms with van der Waals surface area (Å²) < 4.78 is 31.7. The lowest BCUT2D eigenvalue weighted by Crippen LogP contribution is -2.35. The van der Waals surface area contributed by atoms with Gasteiger partial charge in [0.2, 0.25) is 10.0 Å². The van der Waals surface area contributed by atoms with E-state index >= 15 is 0 Å². The Morgan fingerprint density at radius 1 is 1.44 bits per heavy atom. The van der Waals surface area contributed by atoms with Crippen molar-refractivity contribution in [1.29, 1.82) is 0 Å². The summed E-state index contributed by atoms with van der Waals surface area (Å²) >= 11 is 0. The molecule has 0 radical (unpaired) electrons. The van der Waals surface area contributed by atoms with Gasteiger partial charge >= 0.3 is 0 Å². The molecule has 0 aliphatic carbocycles. The first-order valence-electron chi connectivity index (χ1n) is 5.77. The molecule has 0 saturated heterocycles. The largest absolute Gasteiger partial charge is 0.494 e. The average Bonchev–Trinajstić information content (AvgIpc) is 2.31. The number of rotatable bonds is 6. The minimum absolute atomic E-state index is 0.170. The number of nitrogens with one attached hydrogen (secondary N) is 1. The second-order valence-corrected chi connectivity index (χ2v) is 5.78. The molecule has 0 spiro atoms. The minimum atomic E-state index is -3.59. The van der Waals surface area contributed by atoms with Crippen molar-refractivity contribution in [3.05, 3.63) is 23.8 Å². The summed E-state index contributed by atoms with van der Waals surface area (Å²) in [5.74, 6) is 0.673. The van der Waals surface area contributed by atoms with Crippen molar-refractivity contribution in [2.75, 3.05) is 13.2 Å². The van der Waals surface area contributed by atoms with Gasteiger partial charge in [0.1, 0.15) is 5.75 Å². The third-order valence-electron chi connectivity index (χ3n) is 2.39. The monoisotopic (exact) mass is 273 g/mol. The molecule has 0 aliphatic heterocycles. The maximum atomic E-state index is 12.0. The maximum Gasteiger partial charge on any atom is 0.240 e. The number of sulfonamides is 1. The predicted octanol–water partition coefficient (Wildman–Crippen LogP) is 1.05. The van der Waals surface area contributed by atoms with Crippen LogP contribution in [0.25, 0.3) is 0 Å². The first-order valence-corrected chi connectivity index (χ1v) is 7.25. The van der Waals surface area contributed by atoms with Crippen molar-refractivity contribution in [3.8, 4) is 5.75 Å². The molecular weight excluding hydrogens is 254 g/mol. The molecule has 0 saturated carbocycles. The molecule has 0 amide bonds. The van der Waals surface area contributed by atoms with Crippen LogP contribution in [0.2, 0.25) is 0 Å². The first kappa shape index (κ1) is 14.9. The molecule has 1 atom stereocenters. The molecule has 1 aromatic rings. The number of aryl methyl sites for hydroxylation is 1. The lowest BCUT2D eigenvalue weighted by Gasteiger charge is -2.13. The molecule has 1 aromatic carbocycles. The van der Waals surface area contributed by atoms with Crippen molar-refractivity contribution in [2.24, 2.45) is 0 Å². The van der Waals surface area contributed by atoms with E-state index in [2.05, 4.69) is 4.72 Å². The molecule has 18 heavy (non-hydrogen) atoms. The quantitative estimate of drug-likeness (QED) is 0.812. The maximum absolute atomic E-state index is 12.0. The van der Waals surface area contributed by atoms with E-state index in [-0.39, 0.29) is 11.5 Å². The molecular formula is C12H19NO4S. The zero-order valence-corrected chi connectivity index (χ0v) is 11.6. The Morgan fingerprint density at radius 2 is 2.11 bits per heavy atom. The zero-order valence-electron chi connectivity index (χ0n) is 10.8. The minimum Gasteiger partial charge on any atom is -0.494 e. The fourth-order valence-corrected chi connectivity index (χ4v) is 2.80. The second kappa shape index (κ2) is 6.17. The Labute approximate surface area is 108 Å². The summed E-state index contributed by atoms with van der Waals surface area (Å²) in [6, 6.07) is 4.17. The second-order valence-electron chi connectivity index (χ2n) is 4.07. The first-order chi connectivity index (χ1) is 8.40. The van der Waals surface area contributed by atoms with Crippen LogP contribution in [-0.2, 0) is 10.0 Å². The van der Waals surface area contributed by atoms with Crippen LogP contribution in [0.3, 0.4) is 0 Å². The van der Waals surface area contributed by atoms with Crippen LogP contribution in [0, 0.1) is 6.92 Å². The summed E-state index contributed by atoms with van der Waals surface area (Å²) in [6.07, 6.45) is 0. The summed E-state index contributed by atoms with van der Waals surface area (Å²) in [4.78, 5) is 0.170. The third kappa shape index (κ3) is 3.69. The van der Waals surface area contributed by atoms with E-state index in [9.17, 15) is 8.42 Å². The lowest BCUT2D eigenvalue weighted by molar-refractivity contribution is 0.265. The van der Waals surface area contributed by atoms with Gasteiger partial charge < -0.3 is 9.84 Å². The number of hydrogen-bond donors (Lipinski definition) is 2. The fraction of sp³-hybridized carbons (Fsp3) is 0.500. The van der Waals surface area contributed by atoms with E-state index in [1.165, 1.54) is 6.07 Å². The van der Waals surface area contributed by atoms with Crippen molar-refractivity contribution < 1.29 is 18.3 Å². The topological polar surface area (TPSA) is 75.6 Å². The summed E-state index contributed by atoms with van der Waals surface area (Å²) in [7, 11) is -3.59. The highest BCUT2D eigenvalue weighted by molar-refractivity contribution is 7.89. The number of hydrogen-bond acceptors (Lipinski definition) is 4. The van der Waals surface area contributed by atoms with E-state index in [4.69, 9.17) is 9.84 Å². The molecule has 6 heteroatoms. The molecule has 0 fully saturated rings. The average molecular weight is 273 g/mol. The van der Waals surface area contributed by atoms with Gasteiger partial charge in [-0.25, -0.2) is 13.1 Å². The standard InChI is InChI=1S/C12H19NO4S/c1-4-17-12-6-5-11(7-9(12)2)18(15,16)13-10(3)8-14/h5-7,10,13-14H,4,8H2,1-3H3/t10-/m0/s1. The van der Waals surface area contributed by atoms with Crippen LogP contribution >= 0.6 is 0 Å². The van der Waals surface area contributed by atoms with Gasteiger partial charge in [-0.05, 0) is 44.5 Å². The molecule has 102 valence electrons. The van der Waals surface area contributed by atoms with Crippen molar-refractivity contribution >= 4 is 10.0 Å². The Hall–Kier alpha value is -1.11. The summed E-state index contributed by atoms with van der Waals surface area (Å²) in [6.45, 7) is 5.55. The van der Waals surface area contributed by atoms with Crippen LogP contribution in [-0.4, -0.2) is 32.8 Å². The summed E-state index contributed by atoms with van der Waals surface area (Å²) in [5, 5.41) is 8.87. The van der Waals surface area contributed by atoms with Crippen LogP contribution in [0.5, 0.6) is 5.75 Å². The van der Waals surface area contributed by atoms with Gasteiger partial charge in [0, 0.05) is 6.04 Å². The molecule has 5 nitrogen and oxygen atoms in total. The third-order valence-corrected chi connectivity index (χ3v) is 3.97. The van der Waals surface area contributed by atoms with Crippen LogP contribution < -0.4 is 9.46 Å². The molecule has 0 unspecified atom stereocenters. The van der Waals surface area contributed by atoms with E-state index in [1.807, 2.05) is 6.92 Å². The van der Waals surface area contributed by atoms with E-state index in [1.54, 1.807) is 26.0 Å². The van der Waals surface area contributed by atoms with Crippen LogP contribution in [0.15, 0.2) is 23.1 Å². The highest BCUT2D eigenvalue weighted by Gasteiger charge is 2.17. The Kier molecular flexibility index (Phi) is 5.13. The van der Waals surface area contributed by atoms with E-state index in [0.29, 0.717) is 12.4 Å². The van der Waals surface area contributed by atoms with Gasteiger partial charge in [-0.2, -0.15) is 0 Å². The zero-order chi connectivity index (χ0) is 13.8. The Bertz CT molecular complexity index is 499. The highest BCUT2D eigenvalue weighted by atomic mass is 32.2. The molecule has 0 heterocycles. The summed E-state index contributed by atoms with van der Waals surface area (Å²) in [5.41, 5.74) is 0.761. The molecule has 1 rings (SSSR count). The van der Waals surface area contributed by atoms with E-state index in [0.717, 1.165) is 5.56 Å². The SMILES string of the molecule is CCOc1ccc(S(=O)(=O)N[C@@H](C)CO)cc1C. The normalized spacial score (nSPS) is 13.3. The molecule has 0 aliphatic rings.